The summed E-state index contributed by atoms with van der Waals surface area (Å²) in [7, 11) is 4.12. The van der Waals surface area contributed by atoms with Crippen molar-refractivity contribution >= 4 is 64.2 Å². The van der Waals surface area contributed by atoms with Crippen LogP contribution >= 0.6 is 58.3 Å². The number of guanidine groups is 1. The van der Waals surface area contributed by atoms with Gasteiger partial charge < -0.3 is 20.6 Å². The van der Waals surface area contributed by atoms with Crippen LogP contribution in [0.5, 0.6) is 0 Å². The Morgan fingerprint density at radius 3 is 2.58 bits per heavy atom. The van der Waals surface area contributed by atoms with Gasteiger partial charge in [0.2, 0.25) is 0 Å². The summed E-state index contributed by atoms with van der Waals surface area (Å²) in [5.74, 6) is 0.701. The first-order valence-corrected chi connectivity index (χ1v) is 10.2. The number of likely N-dealkylation sites (N-methyl/N-ethyl adjacent to an activating group) is 1. The molecule has 0 spiro atoms. The Labute approximate surface area is 185 Å². The van der Waals surface area contributed by atoms with E-state index in [4.69, 9.17) is 11.6 Å². The fourth-order valence-corrected chi connectivity index (χ4v) is 4.27. The Bertz CT molecular complexity index is 664. The summed E-state index contributed by atoms with van der Waals surface area (Å²) < 4.78 is 0.680. The standard InChI is InChI=1S/C17H25ClN4OS2.HI/c1-4-19-17(21-11-13(23)15-7-8-16(18)25-15)20-10-12(22(2)3)14-6-5-9-24-14;/h5-9,12-13,23H,4,10-11H2,1-3H3,(H2,19,20,21);1H. The quantitative estimate of drug-likeness (QED) is 0.276. The predicted octanol–water partition coefficient (Wildman–Crippen LogP) is 3.97. The first-order chi connectivity index (χ1) is 12.0. The van der Waals surface area contributed by atoms with E-state index >= 15 is 0 Å². The van der Waals surface area contributed by atoms with Gasteiger partial charge in [-0.25, -0.2) is 0 Å². The zero-order valence-electron chi connectivity index (χ0n) is 15.1. The third kappa shape index (κ3) is 7.32. The van der Waals surface area contributed by atoms with E-state index in [9.17, 15) is 5.11 Å². The molecular weight excluding hydrogens is 503 g/mol. The molecule has 0 fully saturated rings. The molecule has 2 aromatic rings. The Hall–Kier alpha value is -0.390. The van der Waals surface area contributed by atoms with Gasteiger partial charge in [0, 0.05) is 22.8 Å². The monoisotopic (exact) mass is 528 g/mol. The van der Waals surface area contributed by atoms with Crippen LogP contribution in [0.15, 0.2) is 34.6 Å². The van der Waals surface area contributed by atoms with Crippen LogP contribution in [0.25, 0.3) is 0 Å². The number of nitrogens with one attached hydrogen (secondary N) is 2. The number of aliphatic hydroxyl groups excluding tert-OH is 1. The summed E-state index contributed by atoms with van der Waals surface area (Å²) in [5.41, 5.74) is 0. The Morgan fingerprint density at radius 1 is 1.27 bits per heavy atom. The van der Waals surface area contributed by atoms with Gasteiger partial charge in [0.05, 0.1) is 16.9 Å². The van der Waals surface area contributed by atoms with Gasteiger partial charge in [0.1, 0.15) is 6.10 Å². The summed E-state index contributed by atoms with van der Waals surface area (Å²) in [5, 5.41) is 18.8. The van der Waals surface area contributed by atoms with E-state index in [2.05, 4.69) is 52.1 Å². The maximum Gasteiger partial charge on any atom is 0.191 e. The van der Waals surface area contributed by atoms with Crippen LogP contribution in [-0.4, -0.2) is 49.7 Å². The maximum absolute atomic E-state index is 10.3. The number of halogens is 2. The van der Waals surface area contributed by atoms with Crippen molar-refractivity contribution in [2.45, 2.75) is 19.1 Å². The average Bonchev–Trinajstić information content (AvgIpc) is 3.24. The molecule has 2 atom stereocenters. The zero-order chi connectivity index (χ0) is 18.2. The first kappa shape index (κ1) is 23.6. The van der Waals surface area contributed by atoms with Crippen LogP contribution in [0.3, 0.4) is 0 Å². The lowest BCUT2D eigenvalue weighted by Crippen LogP contribution is -2.40. The third-order valence-electron chi connectivity index (χ3n) is 3.65. The second-order valence-electron chi connectivity index (χ2n) is 5.75. The van der Waals surface area contributed by atoms with E-state index in [1.165, 1.54) is 16.2 Å². The van der Waals surface area contributed by atoms with Gasteiger partial charge >= 0.3 is 0 Å². The summed E-state index contributed by atoms with van der Waals surface area (Å²) in [6.07, 6.45) is -0.608. The van der Waals surface area contributed by atoms with Crippen LogP contribution in [0.2, 0.25) is 4.34 Å². The fraction of sp³-hybridized carbons (Fsp3) is 0.471. The normalized spacial score (nSPS) is 14.0. The molecule has 5 nitrogen and oxygen atoms in total. The van der Waals surface area contributed by atoms with Crippen LogP contribution in [-0.2, 0) is 0 Å². The molecule has 3 N–H and O–H groups in total. The van der Waals surface area contributed by atoms with Crippen LogP contribution in [0, 0.1) is 0 Å². The van der Waals surface area contributed by atoms with Crippen molar-refractivity contribution in [1.82, 2.24) is 15.5 Å². The number of rotatable bonds is 8. The number of hydrogen-bond acceptors (Lipinski definition) is 5. The average molecular weight is 529 g/mol. The fourth-order valence-electron chi connectivity index (χ4n) is 2.31. The molecule has 0 aliphatic heterocycles. The van der Waals surface area contributed by atoms with E-state index in [1.807, 2.05) is 13.0 Å². The molecule has 0 aliphatic rings. The molecule has 0 bridgehead atoms. The molecular formula is C17H26ClIN4OS2. The topological polar surface area (TPSA) is 59.9 Å². The molecule has 146 valence electrons. The number of nitrogens with zero attached hydrogens (tertiary/aromatic N) is 2. The molecule has 0 saturated carbocycles. The van der Waals surface area contributed by atoms with Crippen LogP contribution < -0.4 is 10.6 Å². The van der Waals surface area contributed by atoms with Gasteiger partial charge in [-0.3, -0.25) is 4.99 Å². The second-order valence-corrected chi connectivity index (χ2v) is 8.48. The Balaban J connectivity index is 0.00000338. The smallest absolute Gasteiger partial charge is 0.191 e. The lowest BCUT2D eigenvalue weighted by Gasteiger charge is -2.22. The van der Waals surface area contributed by atoms with Crippen LogP contribution in [0.4, 0.5) is 0 Å². The minimum absolute atomic E-state index is 0. The molecule has 0 radical (unpaired) electrons. The molecule has 2 aromatic heterocycles. The zero-order valence-corrected chi connectivity index (χ0v) is 19.8. The summed E-state index contributed by atoms with van der Waals surface area (Å²) in [6.45, 7) is 3.81. The minimum atomic E-state index is -0.608. The minimum Gasteiger partial charge on any atom is -0.386 e. The molecule has 0 amide bonds. The van der Waals surface area contributed by atoms with Gasteiger partial charge in [-0.05, 0) is 44.6 Å². The van der Waals surface area contributed by atoms with Gasteiger partial charge in [-0.2, -0.15) is 0 Å². The molecule has 2 heterocycles. The lowest BCUT2D eigenvalue weighted by molar-refractivity contribution is 0.184. The van der Waals surface area contributed by atoms with Gasteiger partial charge in [-0.1, -0.05) is 17.7 Å². The number of aliphatic imine (C=N–C) groups is 1. The molecule has 0 aromatic carbocycles. The number of thiophene rings is 2. The second kappa shape index (κ2) is 12.1. The highest BCUT2D eigenvalue weighted by Gasteiger charge is 2.15. The highest BCUT2D eigenvalue weighted by molar-refractivity contribution is 14.0. The van der Waals surface area contributed by atoms with Crippen molar-refractivity contribution in [1.29, 1.82) is 0 Å². The molecule has 0 saturated heterocycles. The molecule has 2 unspecified atom stereocenters. The van der Waals surface area contributed by atoms with Crippen molar-refractivity contribution in [3.8, 4) is 0 Å². The highest BCUT2D eigenvalue weighted by Crippen LogP contribution is 2.26. The first-order valence-electron chi connectivity index (χ1n) is 8.16. The number of aliphatic hydroxyl groups is 1. The summed E-state index contributed by atoms with van der Waals surface area (Å²) in [6, 6.07) is 8.08. The van der Waals surface area contributed by atoms with Gasteiger partial charge in [0.25, 0.3) is 0 Å². The molecule has 2 rings (SSSR count). The van der Waals surface area contributed by atoms with E-state index in [0.717, 1.165) is 11.4 Å². The van der Waals surface area contributed by atoms with Crippen molar-refractivity contribution in [3.05, 3.63) is 43.7 Å². The summed E-state index contributed by atoms with van der Waals surface area (Å²) >= 11 is 9.06. The van der Waals surface area contributed by atoms with E-state index in [-0.39, 0.29) is 30.0 Å². The van der Waals surface area contributed by atoms with Gasteiger partial charge in [0.15, 0.2) is 5.96 Å². The van der Waals surface area contributed by atoms with Crippen molar-refractivity contribution < 1.29 is 5.11 Å². The molecule has 26 heavy (non-hydrogen) atoms. The number of hydrogen-bond donors (Lipinski definition) is 3. The van der Waals surface area contributed by atoms with Crippen LogP contribution in [0.1, 0.15) is 28.8 Å². The van der Waals surface area contributed by atoms with Crippen molar-refractivity contribution in [2.24, 2.45) is 4.99 Å². The Kier molecular flexibility index (Phi) is 11.0. The van der Waals surface area contributed by atoms with Crippen molar-refractivity contribution in [3.63, 3.8) is 0 Å². The van der Waals surface area contributed by atoms with Gasteiger partial charge in [-0.15, -0.1) is 46.7 Å². The Morgan fingerprint density at radius 2 is 2.04 bits per heavy atom. The predicted molar refractivity (Wildman–Crippen MR) is 124 cm³/mol. The largest absolute Gasteiger partial charge is 0.386 e. The molecule has 0 aliphatic carbocycles. The van der Waals surface area contributed by atoms with E-state index in [1.54, 1.807) is 17.4 Å². The van der Waals surface area contributed by atoms with Crippen molar-refractivity contribution in [2.75, 3.05) is 33.7 Å². The van der Waals surface area contributed by atoms with E-state index in [0.29, 0.717) is 23.4 Å². The lowest BCUT2D eigenvalue weighted by atomic mass is 10.2. The van der Waals surface area contributed by atoms with E-state index < -0.39 is 6.10 Å². The molecule has 9 heteroatoms. The third-order valence-corrected chi connectivity index (χ3v) is 5.95. The highest BCUT2D eigenvalue weighted by atomic mass is 127. The SMILES string of the molecule is CCNC(=NCC(c1cccs1)N(C)C)NCC(O)c1ccc(Cl)s1.I. The maximum atomic E-state index is 10.3. The summed E-state index contributed by atoms with van der Waals surface area (Å²) in [4.78, 5) is 8.99.